The van der Waals surface area contributed by atoms with Gasteiger partial charge in [-0.2, -0.15) is 0 Å². The van der Waals surface area contributed by atoms with E-state index in [1.165, 1.54) is 15.9 Å². The first-order valence-corrected chi connectivity index (χ1v) is 7.61. The Kier molecular flexibility index (Phi) is 3.87. The molecular weight excluding hydrogens is 324 g/mol. The number of carbonyl (C=O) groups is 2. The second-order valence-electron chi connectivity index (χ2n) is 4.63. The lowest BCUT2D eigenvalue weighted by molar-refractivity contribution is -0.116. The minimum Gasteiger partial charge on any atom is -0.477 e. The van der Waals surface area contributed by atoms with Crippen molar-refractivity contribution in [1.82, 2.24) is 4.57 Å². The number of thiophene rings is 1. The fraction of sp³-hybridized carbons (Fsp3) is 0.0667. The van der Waals surface area contributed by atoms with Gasteiger partial charge in [-0.25, -0.2) is 4.79 Å². The summed E-state index contributed by atoms with van der Waals surface area (Å²) < 4.78 is 2.07. The van der Waals surface area contributed by atoms with Crippen molar-refractivity contribution in [3.8, 4) is 0 Å². The van der Waals surface area contributed by atoms with Crippen molar-refractivity contribution in [3.63, 3.8) is 0 Å². The van der Waals surface area contributed by atoms with Crippen LogP contribution in [0.5, 0.6) is 0 Å². The maximum Gasteiger partial charge on any atom is 0.352 e. The van der Waals surface area contributed by atoms with Gasteiger partial charge in [0.25, 0.3) is 0 Å². The Morgan fingerprint density at radius 1 is 1.23 bits per heavy atom. The molecule has 3 aromatic rings. The number of aromatic nitrogens is 1. The number of nitrogens with one attached hydrogen (secondary N) is 1. The summed E-state index contributed by atoms with van der Waals surface area (Å²) in [4.78, 5) is 23.5. The molecule has 0 unspecified atom stereocenters. The van der Waals surface area contributed by atoms with E-state index in [0.29, 0.717) is 14.9 Å². The van der Waals surface area contributed by atoms with Crippen molar-refractivity contribution in [1.29, 1.82) is 0 Å². The fourth-order valence-corrected chi connectivity index (χ4v) is 3.22. The van der Waals surface area contributed by atoms with E-state index in [1.54, 1.807) is 30.3 Å². The highest BCUT2D eigenvalue weighted by Crippen LogP contribution is 2.26. The monoisotopic (exact) mass is 334 g/mol. The first-order chi connectivity index (χ1) is 10.5. The lowest BCUT2D eigenvalue weighted by Crippen LogP contribution is -2.20. The van der Waals surface area contributed by atoms with Crippen molar-refractivity contribution >= 4 is 50.7 Å². The van der Waals surface area contributed by atoms with Crippen LogP contribution < -0.4 is 5.32 Å². The Balaban J connectivity index is 1.90. The lowest BCUT2D eigenvalue weighted by atomic mass is 10.2. The van der Waals surface area contributed by atoms with Crippen LogP contribution in [-0.2, 0) is 11.3 Å². The van der Waals surface area contributed by atoms with Gasteiger partial charge in [0.05, 0.1) is 9.34 Å². The second kappa shape index (κ2) is 5.82. The highest BCUT2D eigenvalue weighted by molar-refractivity contribution is 7.20. The standard InChI is InChI=1S/C15H11ClN2O3S/c16-12-5-6-14(22-12)17-13(19)8-18-10-4-2-1-3-9(10)7-11(18)15(20)21/h1-7H,8H2,(H,17,19)(H,20,21). The molecule has 7 heteroatoms. The van der Waals surface area contributed by atoms with E-state index in [0.717, 1.165) is 5.39 Å². The predicted octanol–water partition coefficient (Wildman–Crippen LogP) is 3.69. The van der Waals surface area contributed by atoms with Crippen molar-refractivity contribution in [3.05, 3.63) is 52.5 Å². The molecule has 5 nitrogen and oxygen atoms in total. The van der Waals surface area contributed by atoms with Crippen molar-refractivity contribution < 1.29 is 14.7 Å². The number of hydrogen-bond acceptors (Lipinski definition) is 3. The third-order valence-corrected chi connectivity index (χ3v) is 4.31. The Bertz CT molecular complexity index is 869. The molecule has 22 heavy (non-hydrogen) atoms. The number of nitrogens with zero attached hydrogens (tertiary/aromatic N) is 1. The highest BCUT2D eigenvalue weighted by Gasteiger charge is 2.17. The molecule has 112 valence electrons. The first-order valence-electron chi connectivity index (χ1n) is 6.41. The van der Waals surface area contributed by atoms with Crippen LogP contribution >= 0.6 is 22.9 Å². The zero-order valence-electron chi connectivity index (χ0n) is 11.2. The number of para-hydroxylation sites is 1. The van der Waals surface area contributed by atoms with Crippen LogP contribution in [0.1, 0.15) is 10.5 Å². The van der Waals surface area contributed by atoms with E-state index in [4.69, 9.17) is 11.6 Å². The quantitative estimate of drug-likeness (QED) is 0.764. The molecule has 0 aliphatic heterocycles. The largest absolute Gasteiger partial charge is 0.477 e. The maximum atomic E-state index is 12.1. The van der Waals surface area contributed by atoms with E-state index in [2.05, 4.69) is 5.32 Å². The topological polar surface area (TPSA) is 71.3 Å². The van der Waals surface area contributed by atoms with Gasteiger partial charge in [-0.15, -0.1) is 11.3 Å². The number of halogens is 1. The molecule has 0 bridgehead atoms. The molecule has 0 fully saturated rings. The molecule has 1 amide bonds. The van der Waals surface area contributed by atoms with Gasteiger partial charge in [-0.3, -0.25) is 4.79 Å². The SMILES string of the molecule is O=C(Cn1c(C(=O)O)cc2ccccc21)Nc1ccc(Cl)s1. The first kappa shape index (κ1) is 14.6. The van der Waals surface area contributed by atoms with E-state index >= 15 is 0 Å². The van der Waals surface area contributed by atoms with Gasteiger partial charge in [-0.1, -0.05) is 29.8 Å². The Labute approximate surface area is 134 Å². The normalized spacial score (nSPS) is 10.8. The van der Waals surface area contributed by atoms with Crippen molar-refractivity contribution in [2.75, 3.05) is 5.32 Å². The molecule has 0 aliphatic carbocycles. The number of hydrogen-bond donors (Lipinski definition) is 2. The number of anilines is 1. The summed E-state index contributed by atoms with van der Waals surface area (Å²) in [5.74, 6) is -1.37. The molecule has 0 saturated carbocycles. The van der Waals surface area contributed by atoms with Crippen molar-refractivity contribution in [2.24, 2.45) is 0 Å². The third-order valence-electron chi connectivity index (χ3n) is 3.17. The lowest BCUT2D eigenvalue weighted by Gasteiger charge is -2.08. The van der Waals surface area contributed by atoms with Gasteiger partial charge in [-0.05, 0) is 24.3 Å². The molecule has 1 aromatic carbocycles. The van der Waals surface area contributed by atoms with E-state index in [1.807, 2.05) is 12.1 Å². The minimum absolute atomic E-state index is 0.0787. The Morgan fingerprint density at radius 2 is 2.00 bits per heavy atom. The highest BCUT2D eigenvalue weighted by atomic mass is 35.5. The molecule has 3 rings (SSSR count). The van der Waals surface area contributed by atoms with Gasteiger partial charge in [0, 0.05) is 10.9 Å². The van der Waals surface area contributed by atoms with Crippen LogP contribution in [-0.4, -0.2) is 21.6 Å². The average molecular weight is 335 g/mol. The summed E-state index contributed by atoms with van der Waals surface area (Å²) in [6.07, 6.45) is 0. The van der Waals surface area contributed by atoms with E-state index < -0.39 is 5.97 Å². The molecule has 2 heterocycles. The molecule has 0 spiro atoms. The minimum atomic E-state index is -1.07. The summed E-state index contributed by atoms with van der Waals surface area (Å²) in [6.45, 7) is -0.0787. The number of aromatic carboxylic acids is 1. The number of benzene rings is 1. The number of amides is 1. The van der Waals surface area contributed by atoms with E-state index in [9.17, 15) is 14.7 Å². The van der Waals surface area contributed by atoms with Crippen LogP contribution in [0.4, 0.5) is 5.00 Å². The Morgan fingerprint density at radius 3 is 2.68 bits per heavy atom. The summed E-state index contributed by atoms with van der Waals surface area (Å²) in [6, 6.07) is 12.2. The Hall–Kier alpha value is -2.31. The van der Waals surface area contributed by atoms with Gasteiger partial charge >= 0.3 is 5.97 Å². The van der Waals surface area contributed by atoms with Crippen LogP contribution in [0.2, 0.25) is 4.34 Å². The summed E-state index contributed by atoms with van der Waals surface area (Å²) in [7, 11) is 0. The number of carboxylic acid groups (broad SMARTS) is 1. The third kappa shape index (κ3) is 2.84. The van der Waals surface area contributed by atoms with Crippen LogP contribution in [0.25, 0.3) is 10.9 Å². The average Bonchev–Trinajstić information content (AvgIpc) is 3.03. The molecule has 0 aliphatic rings. The number of carboxylic acids is 1. The smallest absolute Gasteiger partial charge is 0.352 e. The maximum absolute atomic E-state index is 12.1. The fourth-order valence-electron chi connectivity index (χ4n) is 2.26. The zero-order chi connectivity index (χ0) is 15.7. The zero-order valence-corrected chi connectivity index (χ0v) is 12.8. The van der Waals surface area contributed by atoms with Gasteiger partial charge in [0.2, 0.25) is 5.91 Å². The molecule has 2 N–H and O–H groups in total. The summed E-state index contributed by atoms with van der Waals surface area (Å²) >= 11 is 7.07. The van der Waals surface area contributed by atoms with Gasteiger partial charge < -0.3 is 15.0 Å². The van der Waals surface area contributed by atoms with Crippen LogP contribution in [0, 0.1) is 0 Å². The molecular formula is C15H11ClN2O3S. The number of carbonyl (C=O) groups excluding carboxylic acids is 1. The molecule has 0 atom stereocenters. The predicted molar refractivity (Wildman–Crippen MR) is 86.9 cm³/mol. The number of fused-ring (bicyclic) bond motifs is 1. The second-order valence-corrected chi connectivity index (χ2v) is 6.35. The summed E-state index contributed by atoms with van der Waals surface area (Å²) in [5, 5.41) is 13.4. The molecule has 0 saturated heterocycles. The van der Waals surface area contributed by atoms with E-state index in [-0.39, 0.29) is 18.1 Å². The number of rotatable bonds is 4. The van der Waals surface area contributed by atoms with Gasteiger partial charge in [0.15, 0.2) is 0 Å². The van der Waals surface area contributed by atoms with Crippen LogP contribution in [0.15, 0.2) is 42.5 Å². The van der Waals surface area contributed by atoms with Gasteiger partial charge in [0.1, 0.15) is 12.2 Å². The molecule has 0 radical (unpaired) electrons. The molecule has 2 aromatic heterocycles. The van der Waals surface area contributed by atoms with Crippen LogP contribution in [0.3, 0.4) is 0 Å². The summed E-state index contributed by atoms with van der Waals surface area (Å²) in [5.41, 5.74) is 0.792. The van der Waals surface area contributed by atoms with Crippen molar-refractivity contribution in [2.45, 2.75) is 6.54 Å².